The zero-order valence-electron chi connectivity index (χ0n) is 23.2. The van der Waals surface area contributed by atoms with Crippen molar-refractivity contribution in [3.63, 3.8) is 0 Å². The Hall–Kier alpha value is -1.89. The van der Waals surface area contributed by atoms with Gasteiger partial charge >= 0.3 is 17.9 Å². The van der Waals surface area contributed by atoms with E-state index in [2.05, 4.69) is 20.4 Å². The van der Waals surface area contributed by atoms with Gasteiger partial charge in [-0.25, -0.2) is 4.79 Å². The largest absolute Gasteiger partial charge is 0.465 e. The third-order valence-electron chi connectivity index (χ3n) is 6.24. The van der Waals surface area contributed by atoms with Crippen molar-refractivity contribution in [1.29, 1.82) is 0 Å². The van der Waals surface area contributed by atoms with Gasteiger partial charge < -0.3 is 19.3 Å². The average Bonchev–Trinajstić information content (AvgIpc) is 2.87. The molecule has 0 saturated heterocycles. The van der Waals surface area contributed by atoms with Crippen molar-refractivity contribution in [2.75, 3.05) is 26.4 Å². The molecule has 0 atom stereocenters. The summed E-state index contributed by atoms with van der Waals surface area (Å²) in [7, 11) is 0. The number of carbonyl (C=O) groups excluding carboxylic acids is 3. The van der Waals surface area contributed by atoms with Crippen molar-refractivity contribution in [2.45, 2.75) is 124 Å². The van der Waals surface area contributed by atoms with Gasteiger partial charge in [-0.05, 0) is 19.8 Å². The molecule has 7 heteroatoms. The normalized spacial score (nSPS) is 11.2. The van der Waals surface area contributed by atoms with Gasteiger partial charge in [0.2, 0.25) is 0 Å². The van der Waals surface area contributed by atoms with Crippen LogP contribution in [0.25, 0.3) is 0 Å². The van der Waals surface area contributed by atoms with Gasteiger partial charge in [0.25, 0.3) is 0 Å². The molecule has 0 aromatic heterocycles. The summed E-state index contributed by atoms with van der Waals surface area (Å²) < 4.78 is 16.1. The van der Waals surface area contributed by atoms with Crippen molar-refractivity contribution in [3.8, 4) is 0 Å². The van der Waals surface area contributed by atoms with Crippen LogP contribution in [0.15, 0.2) is 12.2 Å². The number of hydrogen-bond acceptors (Lipinski definition) is 7. The minimum Gasteiger partial charge on any atom is -0.465 e. The summed E-state index contributed by atoms with van der Waals surface area (Å²) in [6.45, 7) is 8.32. The van der Waals surface area contributed by atoms with E-state index in [4.69, 9.17) is 14.2 Å². The highest BCUT2D eigenvalue weighted by atomic mass is 16.6. The second-order valence-corrected chi connectivity index (χ2v) is 10.1. The zero-order chi connectivity index (χ0) is 27.1. The smallest absolute Gasteiger partial charge is 0.333 e. The fourth-order valence-corrected chi connectivity index (χ4v) is 3.67. The minimum absolute atomic E-state index is 0.201. The number of ether oxygens (including phenoxy) is 3. The number of aliphatic hydroxyl groups excluding tert-OH is 1. The fraction of sp³-hybridized carbons (Fsp3) is 0.828. The van der Waals surface area contributed by atoms with E-state index in [0.29, 0.717) is 12.8 Å². The number of rotatable bonds is 24. The van der Waals surface area contributed by atoms with Gasteiger partial charge in [-0.2, -0.15) is 0 Å². The van der Waals surface area contributed by atoms with Crippen LogP contribution in [0.5, 0.6) is 0 Å². The van der Waals surface area contributed by atoms with Crippen molar-refractivity contribution in [1.82, 2.24) is 0 Å². The molecule has 0 spiro atoms. The summed E-state index contributed by atoms with van der Waals surface area (Å²) in [6.07, 6.45) is 15.9. The van der Waals surface area contributed by atoms with Gasteiger partial charge in [-0.1, -0.05) is 97.5 Å². The molecular weight excluding hydrogens is 460 g/mol. The second kappa shape index (κ2) is 22.3. The number of carbonyl (C=O) groups is 3. The number of hydrogen-bond donors (Lipinski definition) is 1. The quantitative estimate of drug-likeness (QED) is 0.0686. The van der Waals surface area contributed by atoms with Gasteiger partial charge in [0.15, 0.2) is 0 Å². The minimum atomic E-state index is -1.21. The number of aliphatic hydroxyl groups is 1. The Morgan fingerprint density at radius 1 is 0.639 bits per heavy atom. The number of esters is 3. The summed E-state index contributed by atoms with van der Waals surface area (Å²) in [6, 6.07) is 0. The second-order valence-electron chi connectivity index (χ2n) is 10.1. The lowest BCUT2D eigenvalue weighted by Crippen LogP contribution is -2.42. The Balaban J connectivity index is 4.61. The van der Waals surface area contributed by atoms with Crippen LogP contribution < -0.4 is 0 Å². The third kappa shape index (κ3) is 18.4. The van der Waals surface area contributed by atoms with E-state index in [0.717, 1.165) is 38.5 Å². The summed E-state index contributed by atoms with van der Waals surface area (Å²) >= 11 is 0. The van der Waals surface area contributed by atoms with Crippen LogP contribution in [0.1, 0.15) is 124 Å². The molecule has 0 amide bonds. The molecule has 1 N–H and O–H groups in total. The third-order valence-corrected chi connectivity index (χ3v) is 6.24. The Bertz CT molecular complexity index is 581. The molecule has 0 rings (SSSR count). The first kappa shape index (κ1) is 34.1. The van der Waals surface area contributed by atoms with E-state index >= 15 is 0 Å². The van der Waals surface area contributed by atoms with E-state index in [1.54, 1.807) is 0 Å². The van der Waals surface area contributed by atoms with Gasteiger partial charge in [-0.15, -0.1) is 0 Å². The van der Waals surface area contributed by atoms with Gasteiger partial charge in [-0.3, -0.25) is 9.59 Å². The van der Waals surface area contributed by atoms with E-state index in [9.17, 15) is 19.5 Å². The fourth-order valence-electron chi connectivity index (χ4n) is 3.67. The van der Waals surface area contributed by atoms with Crippen molar-refractivity contribution < 1.29 is 33.7 Å². The van der Waals surface area contributed by atoms with Crippen molar-refractivity contribution in [3.05, 3.63) is 12.2 Å². The highest BCUT2D eigenvalue weighted by Crippen LogP contribution is 2.21. The molecule has 0 aromatic carbocycles. The van der Waals surface area contributed by atoms with E-state index in [1.165, 1.54) is 58.3 Å². The standard InChI is InChI=1S/C29H52O7/c1-5-7-9-11-13-15-17-19-26(31)34-22-29(21-30,24-36-28(33)25(3)4)23-35-27(32)20-18-16-14-12-10-8-6-2/h30H,3,5-24H2,1-2,4H3. The number of unbranched alkanes of at least 4 members (excludes halogenated alkanes) is 12. The maximum atomic E-state index is 12.3. The van der Waals surface area contributed by atoms with Crippen LogP contribution in [0.3, 0.4) is 0 Å². The highest BCUT2D eigenvalue weighted by Gasteiger charge is 2.35. The molecule has 0 unspecified atom stereocenters. The molecule has 0 aliphatic heterocycles. The molecule has 0 aromatic rings. The van der Waals surface area contributed by atoms with E-state index in [1.807, 2.05) is 0 Å². The SMILES string of the molecule is C=C(C)C(=O)OCC(CO)(COC(=O)CCCCCCCCC)COC(=O)CCCCCCCCC. The molecule has 7 nitrogen and oxygen atoms in total. The molecule has 210 valence electrons. The van der Waals surface area contributed by atoms with Crippen LogP contribution in [-0.4, -0.2) is 49.4 Å². The predicted molar refractivity (Wildman–Crippen MR) is 142 cm³/mol. The Morgan fingerprint density at radius 3 is 1.36 bits per heavy atom. The van der Waals surface area contributed by atoms with Gasteiger partial charge in [0.1, 0.15) is 19.8 Å². The lowest BCUT2D eigenvalue weighted by molar-refractivity contribution is -0.163. The molecule has 36 heavy (non-hydrogen) atoms. The van der Waals surface area contributed by atoms with Gasteiger partial charge in [0, 0.05) is 18.4 Å². The topological polar surface area (TPSA) is 99.1 Å². The lowest BCUT2D eigenvalue weighted by Gasteiger charge is -2.30. The van der Waals surface area contributed by atoms with E-state index in [-0.39, 0.29) is 37.3 Å². The Kier molecular flexibility index (Phi) is 21.1. The zero-order valence-corrected chi connectivity index (χ0v) is 23.2. The molecule has 0 aliphatic rings. The van der Waals surface area contributed by atoms with Crippen LogP contribution in [0, 0.1) is 5.41 Å². The Labute approximate surface area is 219 Å². The van der Waals surface area contributed by atoms with Crippen LogP contribution in [0.2, 0.25) is 0 Å². The summed E-state index contributed by atoms with van der Waals surface area (Å²) in [5.74, 6) is -1.36. The average molecular weight is 513 g/mol. The molecule has 0 radical (unpaired) electrons. The maximum absolute atomic E-state index is 12.3. The first-order valence-corrected chi connectivity index (χ1v) is 14.0. The van der Waals surface area contributed by atoms with E-state index < -0.39 is 18.0 Å². The van der Waals surface area contributed by atoms with Crippen molar-refractivity contribution in [2.24, 2.45) is 5.41 Å². The van der Waals surface area contributed by atoms with Gasteiger partial charge in [0.05, 0.1) is 12.0 Å². The Morgan fingerprint density at radius 2 is 1.00 bits per heavy atom. The molecule has 0 bridgehead atoms. The summed E-state index contributed by atoms with van der Waals surface area (Å²) in [4.78, 5) is 36.4. The predicted octanol–water partition coefficient (Wildman–Crippen LogP) is 6.45. The molecule has 0 fully saturated rings. The first-order chi connectivity index (χ1) is 17.3. The molecule has 0 heterocycles. The first-order valence-electron chi connectivity index (χ1n) is 14.0. The van der Waals surface area contributed by atoms with Crippen LogP contribution in [-0.2, 0) is 28.6 Å². The van der Waals surface area contributed by atoms with Crippen LogP contribution >= 0.6 is 0 Å². The molecular formula is C29H52O7. The summed E-state index contributed by atoms with van der Waals surface area (Å²) in [5.41, 5.74) is -0.995. The maximum Gasteiger partial charge on any atom is 0.333 e. The highest BCUT2D eigenvalue weighted by molar-refractivity contribution is 5.86. The molecule has 0 aliphatic carbocycles. The lowest BCUT2D eigenvalue weighted by atomic mass is 9.92. The summed E-state index contributed by atoms with van der Waals surface area (Å²) in [5, 5.41) is 10.1. The van der Waals surface area contributed by atoms with Crippen molar-refractivity contribution >= 4 is 17.9 Å². The van der Waals surface area contributed by atoms with Crippen LogP contribution in [0.4, 0.5) is 0 Å². The molecule has 0 saturated carbocycles. The monoisotopic (exact) mass is 512 g/mol.